The monoisotopic (exact) mass is 318 g/mol. The summed E-state index contributed by atoms with van der Waals surface area (Å²) in [5.74, 6) is -0.376. The van der Waals surface area contributed by atoms with Gasteiger partial charge in [-0.3, -0.25) is 4.79 Å². The first kappa shape index (κ1) is 18.0. The van der Waals surface area contributed by atoms with Gasteiger partial charge in [-0.25, -0.2) is 12.7 Å². The third-order valence-electron chi connectivity index (χ3n) is 3.46. The summed E-state index contributed by atoms with van der Waals surface area (Å²) in [5.41, 5.74) is 0. The van der Waals surface area contributed by atoms with Crippen LogP contribution in [0.3, 0.4) is 0 Å². The molecule has 2 aliphatic heterocycles. The maximum atomic E-state index is 12.1. The lowest BCUT2D eigenvalue weighted by atomic mass is 9.95. The Morgan fingerprint density at radius 3 is 2.50 bits per heavy atom. The van der Waals surface area contributed by atoms with Crippen molar-refractivity contribution in [1.29, 1.82) is 0 Å². The molecule has 0 aromatic carbocycles. The topological polar surface area (TPSA) is 66.5 Å². The summed E-state index contributed by atoms with van der Waals surface area (Å²) in [4.78, 5) is 12.1. The van der Waals surface area contributed by atoms with E-state index >= 15 is 0 Å². The van der Waals surface area contributed by atoms with Crippen LogP contribution >= 0.6 is 24.8 Å². The minimum atomic E-state index is -3.41. The van der Waals surface area contributed by atoms with E-state index in [0.29, 0.717) is 0 Å². The molecule has 108 valence electrons. The number of hydrogen-bond acceptors (Lipinski definition) is 4. The van der Waals surface area contributed by atoms with Crippen LogP contribution in [0.15, 0.2) is 0 Å². The molecule has 0 spiro atoms. The normalized spacial score (nSPS) is 30.7. The third-order valence-corrected chi connectivity index (χ3v) is 4.63. The van der Waals surface area contributed by atoms with Gasteiger partial charge in [0, 0.05) is 6.04 Å². The number of halogens is 2. The third kappa shape index (κ3) is 2.92. The molecule has 1 N–H and O–H groups in total. The second kappa shape index (κ2) is 6.41. The number of nitrogens with zero attached hydrogens (tertiary/aromatic N) is 1. The van der Waals surface area contributed by atoms with E-state index in [2.05, 4.69) is 5.32 Å². The van der Waals surface area contributed by atoms with Gasteiger partial charge in [0.1, 0.15) is 0 Å². The smallest absolute Gasteiger partial charge is 0.241 e. The van der Waals surface area contributed by atoms with E-state index in [-0.39, 0.29) is 48.7 Å². The van der Waals surface area contributed by atoms with Crippen molar-refractivity contribution in [3.8, 4) is 0 Å². The highest BCUT2D eigenvalue weighted by Gasteiger charge is 2.52. The summed E-state index contributed by atoms with van der Waals surface area (Å²) in [7, 11) is -3.41. The Kier molecular flexibility index (Phi) is 6.40. The Labute approximate surface area is 121 Å². The first-order valence-corrected chi connectivity index (χ1v) is 7.58. The Balaban J connectivity index is 0.00000144. The van der Waals surface area contributed by atoms with Crippen molar-refractivity contribution < 1.29 is 13.2 Å². The molecule has 2 fully saturated rings. The number of carbonyl (C=O) groups excluding carboxylic acids is 1. The highest BCUT2D eigenvalue weighted by atomic mass is 35.5. The average Bonchev–Trinajstić information content (AvgIpc) is 2.68. The predicted molar refractivity (Wildman–Crippen MR) is 74.8 cm³/mol. The van der Waals surface area contributed by atoms with E-state index in [0.717, 1.165) is 36.4 Å². The SMILES string of the molecule is CCCC1C(=O)N(S(C)(=O)=O)C2CCNC12.Cl.Cl. The van der Waals surface area contributed by atoms with Gasteiger partial charge < -0.3 is 5.32 Å². The predicted octanol–water partition coefficient (Wildman–Crippen LogP) is 0.779. The molecule has 5 nitrogen and oxygen atoms in total. The minimum absolute atomic E-state index is 0. The van der Waals surface area contributed by atoms with E-state index in [1.54, 1.807) is 0 Å². The van der Waals surface area contributed by atoms with Gasteiger partial charge >= 0.3 is 0 Å². The first-order chi connectivity index (χ1) is 7.46. The zero-order chi connectivity index (χ0) is 11.9. The lowest BCUT2D eigenvalue weighted by Gasteiger charge is -2.20. The number of hydrogen-bond donors (Lipinski definition) is 1. The van der Waals surface area contributed by atoms with E-state index in [1.165, 1.54) is 0 Å². The lowest BCUT2D eigenvalue weighted by molar-refractivity contribution is -0.128. The fraction of sp³-hybridized carbons (Fsp3) is 0.900. The largest absolute Gasteiger partial charge is 0.311 e. The molecule has 0 aromatic rings. The molecule has 0 radical (unpaired) electrons. The summed E-state index contributed by atoms with van der Waals surface area (Å²) >= 11 is 0. The second-order valence-electron chi connectivity index (χ2n) is 4.63. The molecule has 2 saturated heterocycles. The molecule has 2 heterocycles. The first-order valence-electron chi connectivity index (χ1n) is 5.73. The molecule has 0 aromatic heterocycles. The molecule has 18 heavy (non-hydrogen) atoms. The second-order valence-corrected chi connectivity index (χ2v) is 6.49. The lowest BCUT2D eigenvalue weighted by Crippen LogP contribution is -2.39. The standard InChI is InChI=1S/C10H18N2O3S.2ClH/c1-3-4-7-9-8(5-6-11-9)12(10(7)13)16(2,14)15;;/h7-9,11H,3-6H2,1-2H3;2*1H. The number of sulfonamides is 1. The van der Waals surface area contributed by atoms with Gasteiger partial charge in [0.05, 0.1) is 18.2 Å². The van der Waals surface area contributed by atoms with E-state index in [9.17, 15) is 13.2 Å². The van der Waals surface area contributed by atoms with Crippen LogP contribution in [0, 0.1) is 5.92 Å². The average molecular weight is 319 g/mol. The molecule has 2 aliphatic rings. The van der Waals surface area contributed by atoms with Crippen molar-refractivity contribution in [3.63, 3.8) is 0 Å². The van der Waals surface area contributed by atoms with Gasteiger partial charge in [0.25, 0.3) is 0 Å². The molecule has 0 aliphatic carbocycles. The van der Waals surface area contributed by atoms with Gasteiger partial charge in [-0.05, 0) is 19.4 Å². The molecular weight excluding hydrogens is 299 g/mol. The maximum Gasteiger partial charge on any atom is 0.241 e. The molecular formula is C10H20Cl2N2O3S. The molecule has 1 amide bonds. The van der Waals surface area contributed by atoms with Crippen LogP contribution in [-0.4, -0.2) is 43.5 Å². The van der Waals surface area contributed by atoms with Crippen molar-refractivity contribution in [2.75, 3.05) is 12.8 Å². The number of rotatable bonds is 3. The molecule has 0 saturated carbocycles. The van der Waals surface area contributed by atoms with E-state index in [4.69, 9.17) is 0 Å². The van der Waals surface area contributed by atoms with Crippen LogP contribution in [0.4, 0.5) is 0 Å². The highest BCUT2D eigenvalue weighted by molar-refractivity contribution is 7.88. The Morgan fingerprint density at radius 2 is 2.00 bits per heavy atom. The molecule has 0 bridgehead atoms. The van der Waals surface area contributed by atoms with Crippen LogP contribution in [-0.2, 0) is 14.8 Å². The summed E-state index contributed by atoms with van der Waals surface area (Å²) in [6.07, 6.45) is 3.52. The zero-order valence-corrected chi connectivity index (χ0v) is 12.9. The molecule has 3 atom stereocenters. The van der Waals surface area contributed by atoms with Gasteiger partial charge in [-0.1, -0.05) is 13.3 Å². The van der Waals surface area contributed by atoms with Crippen molar-refractivity contribution in [3.05, 3.63) is 0 Å². The van der Waals surface area contributed by atoms with Crippen LogP contribution < -0.4 is 5.32 Å². The summed E-state index contributed by atoms with van der Waals surface area (Å²) in [6.45, 7) is 2.81. The van der Waals surface area contributed by atoms with E-state index < -0.39 is 10.0 Å². The number of nitrogens with one attached hydrogen (secondary N) is 1. The number of carbonyl (C=O) groups is 1. The van der Waals surface area contributed by atoms with Crippen molar-refractivity contribution in [2.24, 2.45) is 5.92 Å². The minimum Gasteiger partial charge on any atom is -0.311 e. The Morgan fingerprint density at radius 1 is 1.39 bits per heavy atom. The Hall–Kier alpha value is -0.0400. The van der Waals surface area contributed by atoms with Crippen molar-refractivity contribution >= 4 is 40.7 Å². The van der Waals surface area contributed by atoms with Crippen LogP contribution in [0.1, 0.15) is 26.2 Å². The fourth-order valence-corrected chi connectivity index (χ4v) is 4.08. The molecule has 8 heteroatoms. The summed E-state index contributed by atoms with van der Waals surface area (Å²) in [5, 5.41) is 3.26. The highest BCUT2D eigenvalue weighted by Crippen LogP contribution is 2.34. The zero-order valence-electron chi connectivity index (χ0n) is 10.5. The van der Waals surface area contributed by atoms with Gasteiger partial charge in [0.15, 0.2) is 0 Å². The molecule has 2 rings (SSSR count). The van der Waals surface area contributed by atoms with Crippen LogP contribution in [0.5, 0.6) is 0 Å². The fourth-order valence-electron chi connectivity index (χ4n) is 2.89. The maximum absolute atomic E-state index is 12.1. The van der Waals surface area contributed by atoms with Gasteiger partial charge in [0.2, 0.25) is 15.9 Å². The van der Waals surface area contributed by atoms with Crippen LogP contribution in [0.25, 0.3) is 0 Å². The molecule has 3 unspecified atom stereocenters. The van der Waals surface area contributed by atoms with Crippen molar-refractivity contribution in [1.82, 2.24) is 9.62 Å². The van der Waals surface area contributed by atoms with Crippen molar-refractivity contribution in [2.45, 2.75) is 38.3 Å². The van der Waals surface area contributed by atoms with Gasteiger partial charge in [-0.15, -0.1) is 24.8 Å². The van der Waals surface area contributed by atoms with Crippen LogP contribution in [0.2, 0.25) is 0 Å². The number of fused-ring (bicyclic) bond motifs is 1. The quantitative estimate of drug-likeness (QED) is 0.835. The van der Waals surface area contributed by atoms with Gasteiger partial charge in [-0.2, -0.15) is 0 Å². The summed E-state index contributed by atoms with van der Waals surface area (Å²) < 4.78 is 24.3. The Bertz CT molecular complexity index is 402. The summed E-state index contributed by atoms with van der Waals surface area (Å²) in [6, 6.07) is -0.124. The number of amides is 1. The van der Waals surface area contributed by atoms with E-state index in [1.807, 2.05) is 6.92 Å².